The molecule has 1 saturated heterocycles. The maximum atomic E-state index is 11.0. The summed E-state index contributed by atoms with van der Waals surface area (Å²) in [7, 11) is 0. The van der Waals surface area contributed by atoms with Gasteiger partial charge in [0.15, 0.2) is 0 Å². The number of carbonyl (C=O) groups is 1. The van der Waals surface area contributed by atoms with Gasteiger partial charge in [0, 0.05) is 13.1 Å². The molecule has 0 aromatic rings. The molecular formula is C7H14N2O. The molecule has 1 rings (SSSR count). The van der Waals surface area contributed by atoms with E-state index in [9.17, 15) is 4.79 Å². The van der Waals surface area contributed by atoms with Gasteiger partial charge in [0.05, 0.1) is 6.54 Å². The molecule has 0 radical (unpaired) electrons. The van der Waals surface area contributed by atoms with Crippen molar-refractivity contribution in [3.63, 3.8) is 0 Å². The fourth-order valence-corrected chi connectivity index (χ4v) is 1.27. The van der Waals surface area contributed by atoms with Crippen LogP contribution in [0.25, 0.3) is 0 Å². The van der Waals surface area contributed by atoms with Gasteiger partial charge in [0.25, 0.3) is 0 Å². The summed E-state index contributed by atoms with van der Waals surface area (Å²) in [5.74, 6) is 0.0969. The molecule has 0 unspecified atom stereocenters. The highest BCUT2D eigenvalue weighted by atomic mass is 16.2. The predicted molar refractivity (Wildman–Crippen MR) is 39.5 cm³/mol. The Hall–Kier alpha value is -0.570. The number of hydrogen-bond donors (Lipinski definition) is 1. The molecule has 0 atom stereocenters. The number of nitrogens with zero attached hydrogens (tertiary/aromatic N) is 1. The number of carbonyl (C=O) groups excluding carboxylic acids is 1. The van der Waals surface area contributed by atoms with E-state index in [-0.39, 0.29) is 12.5 Å². The van der Waals surface area contributed by atoms with Gasteiger partial charge in [-0.25, -0.2) is 0 Å². The molecule has 1 aliphatic rings. The van der Waals surface area contributed by atoms with Gasteiger partial charge in [-0.1, -0.05) is 0 Å². The van der Waals surface area contributed by atoms with Crippen LogP contribution >= 0.6 is 0 Å². The number of rotatable bonds is 1. The van der Waals surface area contributed by atoms with Crippen LogP contribution in [-0.2, 0) is 4.79 Å². The predicted octanol–water partition coefficient (Wildman–Crippen LogP) is -0.0424. The Morgan fingerprint density at radius 2 is 1.90 bits per heavy atom. The SMILES string of the molecule is NCC(=O)N1CCCCC1. The van der Waals surface area contributed by atoms with Gasteiger partial charge in [-0.05, 0) is 19.3 Å². The fourth-order valence-electron chi connectivity index (χ4n) is 1.27. The third-order valence-corrected chi connectivity index (χ3v) is 1.88. The zero-order valence-electron chi connectivity index (χ0n) is 6.18. The Kier molecular flexibility index (Phi) is 2.68. The van der Waals surface area contributed by atoms with Crippen LogP contribution in [0.3, 0.4) is 0 Å². The van der Waals surface area contributed by atoms with Crippen molar-refractivity contribution in [2.24, 2.45) is 5.73 Å². The first-order chi connectivity index (χ1) is 4.84. The van der Waals surface area contributed by atoms with E-state index in [0.717, 1.165) is 25.9 Å². The first kappa shape index (κ1) is 7.54. The third kappa shape index (κ3) is 1.70. The molecule has 2 N–H and O–H groups in total. The van der Waals surface area contributed by atoms with Crippen LogP contribution in [0.1, 0.15) is 19.3 Å². The van der Waals surface area contributed by atoms with Gasteiger partial charge in [0.2, 0.25) is 5.91 Å². The van der Waals surface area contributed by atoms with Crippen molar-refractivity contribution in [2.75, 3.05) is 19.6 Å². The first-order valence-corrected chi connectivity index (χ1v) is 3.82. The Balaban J connectivity index is 2.31. The van der Waals surface area contributed by atoms with Crippen molar-refractivity contribution in [3.8, 4) is 0 Å². The van der Waals surface area contributed by atoms with Crippen molar-refractivity contribution in [2.45, 2.75) is 19.3 Å². The molecule has 0 aromatic heterocycles. The molecular weight excluding hydrogens is 128 g/mol. The molecule has 1 amide bonds. The summed E-state index contributed by atoms with van der Waals surface area (Å²) in [6, 6.07) is 0. The summed E-state index contributed by atoms with van der Waals surface area (Å²) >= 11 is 0. The Morgan fingerprint density at radius 1 is 1.30 bits per heavy atom. The first-order valence-electron chi connectivity index (χ1n) is 3.82. The van der Waals surface area contributed by atoms with E-state index < -0.39 is 0 Å². The summed E-state index contributed by atoms with van der Waals surface area (Å²) < 4.78 is 0. The minimum absolute atomic E-state index is 0.0969. The standard InChI is InChI=1S/C7H14N2O/c8-6-7(10)9-4-2-1-3-5-9/h1-6,8H2. The maximum Gasteiger partial charge on any atom is 0.236 e. The molecule has 0 aliphatic carbocycles. The minimum Gasteiger partial charge on any atom is -0.342 e. The van der Waals surface area contributed by atoms with Crippen molar-refractivity contribution < 1.29 is 4.79 Å². The lowest BCUT2D eigenvalue weighted by Gasteiger charge is -2.25. The lowest BCUT2D eigenvalue weighted by atomic mass is 10.1. The van der Waals surface area contributed by atoms with E-state index in [0.29, 0.717) is 0 Å². The van der Waals surface area contributed by atoms with E-state index in [4.69, 9.17) is 5.73 Å². The van der Waals surface area contributed by atoms with Gasteiger partial charge < -0.3 is 10.6 Å². The fraction of sp³-hybridized carbons (Fsp3) is 0.857. The summed E-state index contributed by atoms with van der Waals surface area (Å²) in [6.07, 6.45) is 3.55. The average Bonchev–Trinajstić information content (AvgIpc) is 2.05. The van der Waals surface area contributed by atoms with Crippen molar-refractivity contribution >= 4 is 5.91 Å². The Labute approximate surface area is 61.2 Å². The smallest absolute Gasteiger partial charge is 0.236 e. The highest BCUT2D eigenvalue weighted by Crippen LogP contribution is 2.07. The lowest BCUT2D eigenvalue weighted by Crippen LogP contribution is -2.39. The number of amides is 1. The normalized spacial score (nSPS) is 19.1. The summed E-state index contributed by atoms with van der Waals surface area (Å²) in [6.45, 7) is 1.99. The zero-order chi connectivity index (χ0) is 7.40. The van der Waals surface area contributed by atoms with E-state index >= 15 is 0 Å². The third-order valence-electron chi connectivity index (χ3n) is 1.88. The zero-order valence-corrected chi connectivity index (χ0v) is 6.18. The quantitative estimate of drug-likeness (QED) is 0.558. The van der Waals surface area contributed by atoms with Crippen LogP contribution in [0, 0.1) is 0 Å². The Morgan fingerprint density at radius 3 is 2.40 bits per heavy atom. The van der Waals surface area contributed by atoms with E-state index in [1.54, 1.807) is 0 Å². The largest absolute Gasteiger partial charge is 0.342 e. The molecule has 0 saturated carbocycles. The van der Waals surface area contributed by atoms with E-state index in [1.165, 1.54) is 6.42 Å². The molecule has 3 nitrogen and oxygen atoms in total. The highest BCUT2D eigenvalue weighted by molar-refractivity contribution is 5.78. The number of piperidine rings is 1. The molecule has 0 spiro atoms. The molecule has 0 bridgehead atoms. The molecule has 1 heterocycles. The van der Waals surface area contributed by atoms with Crippen molar-refractivity contribution in [1.29, 1.82) is 0 Å². The summed E-state index contributed by atoms with van der Waals surface area (Å²) in [4.78, 5) is 12.8. The molecule has 3 heteroatoms. The van der Waals surface area contributed by atoms with Crippen molar-refractivity contribution in [3.05, 3.63) is 0 Å². The van der Waals surface area contributed by atoms with Gasteiger partial charge in [-0.3, -0.25) is 4.79 Å². The topological polar surface area (TPSA) is 46.3 Å². The second-order valence-corrected chi connectivity index (χ2v) is 2.65. The molecule has 1 aliphatic heterocycles. The molecule has 0 aromatic carbocycles. The van der Waals surface area contributed by atoms with Gasteiger partial charge in [0.1, 0.15) is 0 Å². The lowest BCUT2D eigenvalue weighted by molar-refractivity contribution is -0.130. The van der Waals surface area contributed by atoms with Crippen LogP contribution in [0.4, 0.5) is 0 Å². The van der Waals surface area contributed by atoms with Gasteiger partial charge >= 0.3 is 0 Å². The van der Waals surface area contributed by atoms with Gasteiger partial charge in [-0.15, -0.1) is 0 Å². The van der Waals surface area contributed by atoms with Gasteiger partial charge in [-0.2, -0.15) is 0 Å². The van der Waals surface area contributed by atoms with Crippen LogP contribution in [0.2, 0.25) is 0 Å². The second-order valence-electron chi connectivity index (χ2n) is 2.65. The van der Waals surface area contributed by atoms with Crippen molar-refractivity contribution in [1.82, 2.24) is 4.90 Å². The van der Waals surface area contributed by atoms with E-state index in [2.05, 4.69) is 0 Å². The monoisotopic (exact) mass is 142 g/mol. The number of hydrogen-bond acceptors (Lipinski definition) is 2. The highest BCUT2D eigenvalue weighted by Gasteiger charge is 2.13. The number of likely N-dealkylation sites (tertiary alicyclic amines) is 1. The molecule has 1 fully saturated rings. The maximum absolute atomic E-state index is 11.0. The van der Waals surface area contributed by atoms with E-state index in [1.807, 2.05) is 4.90 Å². The van der Waals surface area contributed by atoms with Crippen LogP contribution < -0.4 is 5.73 Å². The Bertz CT molecular complexity index is 119. The molecule has 10 heavy (non-hydrogen) atoms. The number of nitrogens with two attached hydrogens (primary N) is 1. The van der Waals surface area contributed by atoms with Crippen LogP contribution in [-0.4, -0.2) is 30.4 Å². The second kappa shape index (κ2) is 3.56. The van der Waals surface area contributed by atoms with Crippen LogP contribution in [0.5, 0.6) is 0 Å². The summed E-state index contributed by atoms with van der Waals surface area (Å²) in [5, 5.41) is 0. The van der Waals surface area contributed by atoms with Crippen LogP contribution in [0.15, 0.2) is 0 Å². The molecule has 58 valence electrons. The summed E-state index contributed by atoms with van der Waals surface area (Å²) in [5.41, 5.74) is 5.21. The average molecular weight is 142 g/mol. The minimum atomic E-state index is 0.0969.